The van der Waals surface area contributed by atoms with Crippen LogP contribution in [0.4, 0.5) is 0 Å². The smallest absolute Gasteiger partial charge is 0.305 e. The summed E-state index contributed by atoms with van der Waals surface area (Å²) < 4.78 is 5.50. The Hall–Kier alpha value is -1.66. The fraction of sp³-hybridized carbons (Fsp3) is 0.914. The van der Waals surface area contributed by atoms with Crippen LogP contribution in [0.3, 0.4) is 0 Å². The molecule has 2 atom stereocenters. The van der Waals surface area contributed by atoms with E-state index in [1.165, 1.54) is 308 Å². The minimum atomic E-state index is -0.666. The van der Waals surface area contributed by atoms with Crippen LogP contribution in [0.5, 0.6) is 0 Å². The number of carbonyl (C=O) groups excluding carboxylic acids is 2. The maximum Gasteiger partial charge on any atom is 0.305 e. The van der Waals surface area contributed by atoms with E-state index in [4.69, 9.17) is 4.74 Å². The first-order valence-corrected chi connectivity index (χ1v) is 34.6. The number of aliphatic hydroxyl groups excluding tert-OH is 2. The number of allylic oxidation sites excluding steroid dienone is 4. The number of hydrogen-bond donors (Lipinski definition) is 3. The largest absolute Gasteiger partial charge is 0.466 e. The van der Waals surface area contributed by atoms with Crippen molar-refractivity contribution in [3.8, 4) is 0 Å². The molecule has 0 aliphatic rings. The molecule has 0 saturated heterocycles. The number of unbranched alkanes of at least 4 members (excludes halogenated alkanes) is 50. The molecule has 0 saturated carbocycles. The first kappa shape index (κ1) is 74.3. The molecule has 0 rings (SSSR count). The zero-order chi connectivity index (χ0) is 55.0. The first-order chi connectivity index (χ1) is 37.5. The molecule has 76 heavy (non-hydrogen) atoms. The molecule has 0 aliphatic heterocycles. The number of ether oxygens (including phenoxy) is 1. The van der Waals surface area contributed by atoms with E-state index in [0.717, 1.165) is 44.9 Å². The summed E-state index contributed by atoms with van der Waals surface area (Å²) in [6.45, 7) is 4.98. The lowest BCUT2D eigenvalue weighted by Gasteiger charge is -2.22. The zero-order valence-electron chi connectivity index (χ0n) is 51.5. The van der Waals surface area contributed by atoms with Crippen molar-refractivity contribution in [3.63, 3.8) is 0 Å². The summed E-state index contributed by atoms with van der Waals surface area (Å²) in [6, 6.07) is -0.544. The third kappa shape index (κ3) is 61.6. The Balaban J connectivity index is 3.38. The molecule has 0 bridgehead atoms. The van der Waals surface area contributed by atoms with Crippen molar-refractivity contribution in [2.24, 2.45) is 0 Å². The van der Waals surface area contributed by atoms with Gasteiger partial charge in [0.1, 0.15) is 0 Å². The number of nitrogens with one attached hydrogen (secondary N) is 1. The van der Waals surface area contributed by atoms with E-state index in [1.807, 2.05) is 0 Å². The number of hydrogen-bond acceptors (Lipinski definition) is 5. The monoisotopic (exact) mass is 1070 g/mol. The van der Waals surface area contributed by atoms with Crippen molar-refractivity contribution < 1.29 is 24.5 Å². The second-order valence-electron chi connectivity index (χ2n) is 23.9. The average molecular weight is 1070 g/mol. The molecule has 450 valence electrons. The summed E-state index contributed by atoms with van der Waals surface area (Å²) in [5.41, 5.74) is 0. The van der Waals surface area contributed by atoms with Gasteiger partial charge in [0, 0.05) is 12.8 Å². The van der Waals surface area contributed by atoms with Gasteiger partial charge in [-0.15, -0.1) is 0 Å². The van der Waals surface area contributed by atoms with E-state index in [0.29, 0.717) is 25.9 Å². The summed E-state index contributed by atoms with van der Waals surface area (Å²) in [5.74, 6) is -0.0239. The maximum atomic E-state index is 12.5. The Morgan fingerprint density at radius 3 is 0.934 bits per heavy atom. The van der Waals surface area contributed by atoms with Crippen LogP contribution in [0.1, 0.15) is 386 Å². The molecule has 0 aromatic heterocycles. The van der Waals surface area contributed by atoms with E-state index in [9.17, 15) is 19.8 Å². The molecular weight excluding hydrogens is 935 g/mol. The predicted octanol–water partition coefficient (Wildman–Crippen LogP) is 22.1. The highest BCUT2D eigenvalue weighted by Crippen LogP contribution is 2.18. The molecule has 0 heterocycles. The van der Waals surface area contributed by atoms with Crippen molar-refractivity contribution in [3.05, 3.63) is 24.3 Å². The minimum absolute atomic E-state index is 0.0113. The molecule has 3 N–H and O–H groups in total. The van der Waals surface area contributed by atoms with Crippen LogP contribution in [0.25, 0.3) is 0 Å². The molecule has 2 unspecified atom stereocenters. The average Bonchev–Trinajstić information content (AvgIpc) is 3.42. The van der Waals surface area contributed by atoms with Gasteiger partial charge in [-0.3, -0.25) is 9.59 Å². The van der Waals surface area contributed by atoms with Crippen molar-refractivity contribution in [2.45, 2.75) is 398 Å². The zero-order valence-corrected chi connectivity index (χ0v) is 51.5. The van der Waals surface area contributed by atoms with Gasteiger partial charge in [0.25, 0.3) is 0 Å². The summed E-state index contributed by atoms with van der Waals surface area (Å²) in [5, 5.41) is 23.3. The predicted molar refractivity (Wildman–Crippen MR) is 333 cm³/mol. The van der Waals surface area contributed by atoms with Gasteiger partial charge < -0.3 is 20.3 Å². The van der Waals surface area contributed by atoms with Gasteiger partial charge in [-0.05, 0) is 77.0 Å². The fourth-order valence-electron chi connectivity index (χ4n) is 10.9. The van der Waals surface area contributed by atoms with Gasteiger partial charge in [0.2, 0.25) is 5.91 Å². The summed E-state index contributed by atoms with van der Waals surface area (Å²) in [7, 11) is 0. The minimum Gasteiger partial charge on any atom is -0.466 e. The van der Waals surface area contributed by atoms with E-state index in [1.54, 1.807) is 0 Å². The Labute approximate surface area is 475 Å². The van der Waals surface area contributed by atoms with Crippen LogP contribution in [0, 0.1) is 0 Å². The summed E-state index contributed by atoms with van der Waals surface area (Å²) in [4.78, 5) is 24.6. The fourth-order valence-corrected chi connectivity index (χ4v) is 10.9. The molecule has 0 spiro atoms. The molecule has 6 heteroatoms. The Morgan fingerprint density at radius 1 is 0.355 bits per heavy atom. The first-order valence-electron chi connectivity index (χ1n) is 34.6. The Kier molecular flexibility index (Phi) is 64.4. The molecule has 0 fully saturated rings. The highest BCUT2D eigenvalue weighted by atomic mass is 16.5. The Morgan fingerprint density at radius 2 is 0.618 bits per heavy atom. The van der Waals surface area contributed by atoms with Crippen LogP contribution in [0.15, 0.2) is 24.3 Å². The molecule has 0 radical (unpaired) electrons. The van der Waals surface area contributed by atoms with Gasteiger partial charge in [-0.25, -0.2) is 0 Å². The van der Waals surface area contributed by atoms with E-state index in [2.05, 4.69) is 43.5 Å². The van der Waals surface area contributed by atoms with Crippen molar-refractivity contribution in [1.82, 2.24) is 5.32 Å². The lowest BCUT2D eigenvalue weighted by atomic mass is 10.0. The third-order valence-electron chi connectivity index (χ3n) is 16.2. The molecule has 6 nitrogen and oxygen atoms in total. The number of aliphatic hydroxyl groups is 2. The second kappa shape index (κ2) is 65.9. The summed E-state index contributed by atoms with van der Waals surface area (Å²) >= 11 is 0. The van der Waals surface area contributed by atoms with E-state index in [-0.39, 0.29) is 18.5 Å². The number of rotatable bonds is 65. The van der Waals surface area contributed by atoms with Crippen molar-refractivity contribution in [2.75, 3.05) is 13.2 Å². The van der Waals surface area contributed by atoms with E-state index >= 15 is 0 Å². The Bertz CT molecular complexity index is 1190. The van der Waals surface area contributed by atoms with Crippen LogP contribution in [-0.2, 0) is 14.3 Å². The van der Waals surface area contributed by atoms with Crippen molar-refractivity contribution >= 4 is 11.9 Å². The molecule has 0 aliphatic carbocycles. The third-order valence-corrected chi connectivity index (χ3v) is 16.2. The molecular formula is C70H135NO5. The SMILES string of the molecule is CCCCCCCCC/C=C\CCCCCCCCCC(=O)OCCCCCCCCCCCCCC/C=C\CCCCCCCCCCCC(=O)NC(CO)C(O)CCCCCCCCCCCCCCCCCC. The number of carbonyl (C=O) groups is 2. The highest BCUT2D eigenvalue weighted by Gasteiger charge is 2.20. The normalized spacial score (nSPS) is 12.6. The lowest BCUT2D eigenvalue weighted by molar-refractivity contribution is -0.143. The van der Waals surface area contributed by atoms with E-state index < -0.39 is 12.1 Å². The lowest BCUT2D eigenvalue weighted by Crippen LogP contribution is -2.45. The molecule has 0 aromatic carbocycles. The van der Waals surface area contributed by atoms with Crippen LogP contribution in [0.2, 0.25) is 0 Å². The quantitative estimate of drug-likeness (QED) is 0.0320. The highest BCUT2D eigenvalue weighted by molar-refractivity contribution is 5.76. The van der Waals surface area contributed by atoms with Gasteiger partial charge >= 0.3 is 5.97 Å². The summed E-state index contributed by atoms with van der Waals surface area (Å²) in [6.07, 6.45) is 82.1. The van der Waals surface area contributed by atoms with Crippen LogP contribution >= 0.6 is 0 Å². The molecule has 1 amide bonds. The van der Waals surface area contributed by atoms with Gasteiger partial charge in [-0.2, -0.15) is 0 Å². The standard InChI is InChI=1S/C70H135NO5/c1-3-5-7-9-11-13-15-17-19-21-32-36-40-44-48-52-56-60-64-70(75)76-65-61-57-53-49-45-41-37-33-30-28-26-24-22-23-25-27-29-31-35-39-43-47-51-55-59-63-69(74)71-67(66-72)68(73)62-58-54-50-46-42-38-34-20-18-16-14-12-10-8-6-4-2/h19,21,23,25,67-68,72-73H,3-18,20,22,24,26-66H2,1-2H3,(H,71,74)/b21-19-,25-23-. The molecule has 0 aromatic rings. The van der Waals surface area contributed by atoms with Gasteiger partial charge in [-0.1, -0.05) is 321 Å². The van der Waals surface area contributed by atoms with Gasteiger partial charge in [0.05, 0.1) is 25.4 Å². The second-order valence-corrected chi connectivity index (χ2v) is 23.9. The number of esters is 1. The maximum absolute atomic E-state index is 12.5. The van der Waals surface area contributed by atoms with Crippen LogP contribution in [-0.4, -0.2) is 47.4 Å². The van der Waals surface area contributed by atoms with Gasteiger partial charge in [0.15, 0.2) is 0 Å². The van der Waals surface area contributed by atoms with Crippen LogP contribution < -0.4 is 5.32 Å². The number of amides is 1. The topological polar surface area (TPSA) is 95.9 Å². The van der Waals surface area contributed by atoms with Crippen molar-refractivity contribution in [1.29, 1.82) is 0 Å².